The summed E-state index contributed by atoms with van der Waals surface area (Å²) in [6, 6.07) is 17.7. The van der Waals surface area contributed by atoms with Crippen molar-refractivity contribution < 1.29 is 18.7 Å². The van der Waals surface area contributed by atoms with E-state index in [4.69, 9.17) is 9.47 Å². The van der Waals surface area contributed by atoms with Gasteiger partial charge < -0.3 is 14.8 Å². The Hall–Kier alpha value is -3.34. The molecule has 0 radical (unpaired) electrons. The largest absolute Gasteiger partial charge is 0.496 e. The van der Waals surface area contributed by atoms with Crippen LogP contribution in [0.2, 0.25) is 0 Å². The van der Waals surface area contributed by atoms with Crippen LogP contribution in [0, 0.1) is 11.7 Å². The van der Waals surface area contributed by atoms with Crippen molar-refractivity contribution in [1.82, 2.24) is 0 Å². The number of halogens is 1. The Morgan fingerprint density at radius 2 is 1.90 bits per heavy atom. The van der Waals surface area contributed by atoms with E-state index in [1.165, 1.54) is 12.1 Å². The molecule has 1 aliphatic rings. The van der Waals surface area contributed by atoms with Gasteiger partial charge in [-0.1, -0.05) is 38.1 Å². The number of anilines is 1. The fraction of sp³-hybridized carbons (Fsp3) is 0.208. The Kier molecular flexibility index (Phi) is 4.97. The summed E-state index contributed by atoms with van der Waals surface area (Å²) in [5, 5.41) is 2.93. The lowest BCUT2D eigenvalue weighted by atomic mass is 9.88. The van der Waals surface area contributed by atoms with Crippen molar-refractivity contribution >= 4 is 11.6 Å². The molecular formula is C24H22FNO3. The minimum atomic E-state index is -0.504. The quantitative estimate of drug-likeness (QED) is 0.632. The van der Waals surface area contributed by atoms with Crippen LogP contribution < -0.4 is 14.8 Å². The Morgan fingerprint density at radius 1 is 1.10 bits per heavy atom. The Labute approximate surface area is 169 Å². The minimum absolute atomic E-state index is 0.0676. The molecule has 1 N–H and O–H groups in total. The number of carbonyl (C=O) groups excluding carboxylic acids is 1. The van der Waals surface area contributed by atoms with Gasteiger partial charge in [-0.3, -0.25) is 4.79 Å². The zero-order valence-electron chi connectivity index (χ0n) is 16.5. The smallest absolute Gasteiger partial charge is 0.226 e. The highest BCUT2D eigenvalue weighted by Gasteiger charge is 2.30. The molecule has 0 saturated carbocycles. The number of benzene rings is 3. The predicted octanol–water partition coefficient (Wildman–Crippen LogP) is 5.58. The highest BCUT2D eigenvalue weighted by atomic mass is 19.1. The first kappa shape index (κ1) is 19.0. The average molecular weight is 391 g/mol. The van der Waals surface area contributed by atoms with Gasteiger partial charge in [0.1, 0.15) is 23.4 Å². The lowest BCUT2D eigenvalue weighted by Gasteiger charge is -2.30. The van der Waals surface area contributed by atoms with Crippen LogP contribution in [-0.4, -0.2) is 13.0 Å². The van der Waals surface area contributed by atoms with Gasteiger partial charge in [0.15, 0.2) is 0 Å². The first-order valence-corrected chi connectivity index (χ1v) is 9.52. The van der Waals surface area contributed by atoms with Crippen LogP contribution in [0.5, 0.6) is 11.5 Å². The molecular weight excluding hydrogens is 369 g/mol. The highest BCUT2D eigenvalue weighted by Crippen LogP contribution is 2.49. The van der Waals surface area contributed by atoms with Crippen LogP contribution in [0.3, 0.4) is 0 Å². The molecule has 3 aromatic rings. The number of amides is 1. The summed E-state index contributed by atoms with van der Waals surface area (Å²) in [5.74, 6) is 0.836. The minimum Gasteiger partial charge on any atom is -0.496 e. The number of methoxy groups -OCH3 is 1. The van der Waals surface area contributed by atoms with Crippen molar-refractivity contribution in [3.63, 3.8) is 0 Å². The molecule has 0 spiro atoms. The summed E-state index contributed by atoms with van der Waals surface area (Å²) in [7, 11) is 1.62. The Bertz CT molecular complexity index is 1080. The predicted molar refractivity (Wildman–Crippen MR) is 111 cm³/mol. The number of hydrogen-bond acceptors (Lipinski definition) is 3. The lowest BCUT2D eigenvalue weighted by Crippen LogP contribution is -2.19. The maximum Gasteiger partial charge on any atom is 0.226 e. The SMILES string of the molecule is COc1cccc2c1-c1ccc(NC(=O)C(C)C)cc1C(c1cccc(F)c1)O2. The molecule has 5 heteroatoms. The summed E-state index contributed by atoms with van der Waals surface area (Å²) in [6.45, 7) is 3.68. The van der Waals surface area contributed by atoms with E-state index in [0.717, 1.165) is 16.7 Å². The number of rotatable bonds is 4. The van der Waals surface area contributed by atoms with E-state index < -0.39 is 6.10 Å². The Balaban J connectivity index is 1.88. The summed E-state index contributed by atoms with van der Waals surface area (Å²) in [5.41, 5.74) is 3.99. The van der Waals surface area contributed by atoms with Crippen molar-refractivity contribution in [2.75, 3.05) is 12.4 Å². The summed E-state index contributed by atoms with van der Waals surface area (Å²) in [4.78, 5) is 12.2. The van der Waals surface area contributed by atoms with Gasteiger partial charge in [0.05, 0.1) is 12.7 Å². The molecule has 148 valence electrons. The van der Waals surface area contributed by atoms with Crippen molar-refractivity contribution in [2.45, 2.75) is 20.0 Å². The van der Waals surface area contributed by atoms with Crippen LogP contribution in [0.1, 0.15) is 31.1 Å². The zero-order chi connectivity index (χ0) is 20.5. The summed E-state index contributed by atoms with van der Waals surface area (Å²) in [6.07, 6.45) is -0.504. The molecule has 1 aliphatic heterocycles. The van der Waals surface area contributed by atoms with Gasteiger partial charge in [0, 0.05) is 17.2 Å². The molecule has 0 saturated heterocycles. The van der Waals surface area contributed by atoms with Gasteiger partial charge >= 0.3 is 0 Å². The zero-order valence-corrected chi connectivity index (χ0v) is 16.5. The summed E-state index contributed by atoms with van der Waals surface area (Å²) < 4.78 is 25.8. The van der Waals surface area contributed by atoms with Crippen molar-refractivity contribution in [1.29, 1.82) is 0 Å². The molecule has 1 amide bonds. The number of ether oxygens (including phenoxy) is 2. The average Bonchev–Trinajstić information content (AvgIpc) is 2.72. The molecule has 0 fully saturated rings. The molecule has 0 aromatic heterocycles. The lowest BCUT2D eigenvalue weighted by molar-refractivity contribution is -0.118. The number of hydrogen-bond donors (Lipinski definition) is 1. The maximum absolute atomic E-state index is 13.9. The van der Waals surface area contributed by atoms with E-state index in [1.807, 2.05) is 56.3 Å². The second-order valence-corrected chi connectivity index (χ2v) is 7.33. The van der Waals surface area contributed by atoms with Crippen LogP contribution in [0.15, 0.2) is 60.7 Å². The fourth-order valence-corrected chi connectivity index (χ4v) is 3.52. The van der Waals surface area contributed by atoms with Crippen LogP contribution in [0.4, 0.5) is 10.1 Å². The number of carbonyl (C=O) groups is 1. The highest BCUT2D eigenvalue weighted by molar-refractivity contribution is 5.93. The van der Waals surface area contributed by atoms with Crippen LogP contribution in [-0.2, 0) is 4.79 Å². The molecule has 4 nitrogen and oxygen atoms in total. The van der Waals surface area contributed by atoms with Gasteiger partial charge in [-0.05, 0) is 47.5 Å². The molecule has 3 aromatic carbocycles. The van der Waals surface area contributed by atoms with E-state index in [1.54, 1.807) is 13.2 Å². The first-order valence-electron chi connectivity index (χ1n) is 9.52. The molecule has 0 aliphatic carbocycles. The van der Waals surface area contributed by atoms with Crippen LogP contribution in [0.25, 0.3) is 11.1 Å². The monoisotopic (exact) mass is 391 g/mol. The third-order valence-corrected chi connectivity index (χ3v) is 5.00. The van der Waals surface area contributed by atoms with Gasteiger partial charge in [-0.2, -0.15) is 0 Å². The normalized spacial score (nSPS) is 14.6. The molecule has 0 bridgehead atoms. The second kappa shape index (κ2) is 7.59. The van der Waals surface area contributed by atoms with Crippen molar-refractivity contribution in [2.24, 2.45) is 5.92 Å². The van der Waals surface area contributed by atoms with E-state index in [0.29, 0.717) is 22.7 Å². The van der Waals surface area contributed by atoms with Gasteiger partial charge in [-0.15, -0.1) is 0 Å². The maximum atomic E-state index is 13.9. The molecule has 4 rings (SSSR count). The van der Waals surface area contributed by atoms with Crippen molar-refractivity contribution in [3.8, 4) is 22.6 Å². The van der Waals surface area contributed by atoms with E-state index in [9.17, 15) is 9.18 Å². The summed E-state index contributed by atoms with van der Waals surface area (Å²) >= 11 is 0. The fourth-order valence-electron chi connectivity index (χ4n) is 3.52. The van der Waals surface area contributed by atoms with Crippen LogP contribution >= 0.6 is 0 Å². The topological polar surface area (TPSA) is 47.6 Å². The number of fused-ring (bicyclic) bond motifs is 3. The molecule has 1 atom stereocenters. The Morgan fingerprint density at radius 3 is 2.62 bits per heavy atom. The molecule has 29 heavy (non-hydrogen) atoms. The standard InChI is InChI=1S/C24H22FNO3/c1-14(2)24(27)26-17-10-11-18-19(13-17)23(15-6-4-7-16(25)12-15)29-21-9-5-8-20(28-3)22(18)21/h4-14,23H,1-3H3,(H,26,27). The van der Waals surface area contributed by atoms with E-state index in [2.05, 4.69) is 5.32 Å². The van der Waals surface area contributed by atoms with Crippen molar-refractivity contribution in [3.05, 3.63) is 77.6 Å². The van der Waals surface area contributed by atoms with Gasteiger partial charge in [0.25, 0.3) is 0 Å². The second-order valence-electron chi connectivity index (χ2n) is 7.33. The number of nitrogens with one attached hydrogen (secondary N) is 1. The third kappa shape index (κ3) is 3.56. The molecule has 1 heterocycles. The van der Waals surface area contributed by atoms with Gasteiger partial charge in [-0.25, -0.2) is 4.39 Å². The third-order valence-electron chi connectivity index (χ3n) is 5.00. The molecule has 1 unspecified atom stereocenters. The first-order chi connectivity index (χ1) is 14.0. The van der Waals surface area contributed by atoms with E-state index >= 15 is 0 Å². The van der Waals surface area contributed by atoms with Gasteiger partial charge in [0.2, 0.25) is 5.91 Å². The van der Waals surface area contributed by atoms with E-state index in [-0.39, 0.29) is 17.6 Å².